The minimum Gasteiger partial charge on any atom is -0.393 e. The lowest BCUT2D eigenvalue weighted by Crippen LogP contribution is -2.47. The number of carbonyl (C=O) groups is 2. The molecule has 0 unspecified atom stereocenters. The first kappa shape index (κ1) is 26.7. The van der Waals surface area contributed by atoms with Gasteiger partial charge in [-0.25, -0.2) is 0 Å². The molecule has 0 bridgehead atoms. The normalized spacial score (nSPS) is 23.8. The maximum absolute atomic E-state index is 13.6. The Morgan fingerprint density at radius 2 is 1.68 bits per heavy atom. The maximum Gasteiger partial charge on any atom is 0.229 e. The van der Waals surface area contributed by atoms with Crippen molar-refractivity contribution in [2.75, 3.05) is 24.5 Å². The van der Waals surface area contributed by atoms with Gasteiger partial charge in [-0.15, -0.1) is 0 Å². The van der Waals surface area contributed by atoms with Gasteiger partial charge in [0.2, 0.25) is 5.91 Å². The monoisotopic (exact) mass is 514 g/mol. The molecule has 1 N–H and O–H groups in total. The smallest absolute Gasteiger partial charge is 0.229 e. The molecule has 1 saturated carbocycles. The van der Waals surface area contributed by atoms with Gasteiger partial charge in [0.05, 0.1) is 11.5 Å². The predicted molar refractivity (Wildman–Crippen MR) is 153 cm³/mol. The standard InChI is InChI=1S/C33H42N2O3/c1-4-23(2)20-31(37)27-7-5-6-25(21-27)26-9-8-24(3)30(22-26)34-17-14-33(15-18-34)16-19-35(32(33)38)28-10-12-29(36)13-11-28/h5-9,20-22,28-29,36H,4,10-19H2,1-3H3/b23-20+. The molecular formula is C33H42N2O3. The molecule has 1 spiro atoms. The Labute approximate surface area is 227 Å². The highest BCUT2D eigenvalue weighted by Gasteiger charge is 2.50. The van der Waals surface area contributed by atoms with Crippen molar-refractivity contribution in [1.29, 1.82) is 0 Å². The largest absolute Gasteiger partial charge is 0.393 e. The van der Waals surface area contributed by atoms with Crippen LogP contribution in [0.3, 0.4) is 0 Å². The second-order valence-corrected chi connectivity index (χ2v) is 11.8. The number of hydrogen-bond acceptors (Lipinski definition) is 4. The van der Waals surface area contributed by atoms with Crippen LogP contribution in [0.25, 0.3) is 11.1 Å². The Hall–Kier alpha value is -2.92. The van der Waals surface area contributed by atoms with Crippen molar-refractivity contribution in [3.05, 3.63) is 65.2 Å². The molecule has 2 heterocycles. The zero-order chi connectivity index (χ0) is 26.9. The number of likely N-dealkylation sites (tertiary alicyclic amines) is 1. The summed E-state index contributed by atoms with van der Waals surface area (Å²) in [5, 5.41) is 9.88. The van der Waals surface area contributed by atoms with E-state index in [0.29, 0.717) is 17.5 Å². The zero-order valence-corrected chi connectivity index (χ0v) is 23.2. The fourth-order valence-corrected chi connectivity index (χ4v) is 6.60. The quantitative estimate of drug-likeness (QED) is 0.362. The average molecular weight is 515 g/mol. The Morgan fingerprint density at radius 1 is 1.00 bits per heavy atom. The third kappa shape index (κ3) is 5.31. The summed E-state index contributed by atoms with van der Waals surface area (Å²) >= 11 is 0. The Bertz CT molecular complexity index is 1220. The summed E-state index contributed by atoms with van der Waals surface area (Å²) < 4.78 is 0. The third-order valence-corrected chi connectivity index (χ3v) is 9.34. The van der Waals surface area contributed by atoms with Crippen molar-refractivity contribution >= 4 is 17.4 Å². The Kier molecular flexibility index (Phi) is 7.76. The van der Waals surface area contributed by atoms with Gasteiger partial charge in [-0.05, 0) is 100 Å². The van der Waals surface area contributed by atoms with E-state index in [4.69, 9.17) is 0 Å². The molecule has 1 aliphatic carbocycles. The number of carbonyl (C=O) groups excluding carboxylic acids is 2. The SMILES string of the molecule is CC/C(C)=C/C(=O)c1cccc(-c2ccc(C)c(N3CCC4(CC3)CCN(C3CCC(O)CC3)C4=O)c2)c1. The number of aryl methyl sites for hydroxylation is 1. The molecule has 0 aromatic heterocycles. The molecule has 0 atom stereocenters. The number of benzene rings is 2. The van der Waals surface area contributed by atoms with Crippen LogP contribution in [0.4, 0.5) is 5.69 Å². The minimum atomic E-state index is -0.211. The topological polar surface area (TPSA) is 60.9 Å². The third-order valence-electron chi connectivity index (χ3n) is 9.34. The van der Waals surface area contributed by atoms with Gasteiger partial charge in [-0.1, -0.05) is 42.8 Å². The van der Waals surface area contributed by atoms with Crippen LogP contribution in [-0.2, 0) is 4.79 Å². The molecule has 0 radical (unpaired) electrons. The lowest BCUT2D eigenvalue weighted by molar-refractivity contribution is -0.139. The van der Waals surface area contributed by atoms with Crippen LogP contribution in [0.2, 0.25) is 0 Å². The first-order chi connectivity index (χ1) is 18.3. The van der Waals surface area contributed by atoms with Crippen LogP contribution in [-0.4, -0.2) is 53.5 Å². The maximum atomic E-state index is 13.6. The molecule has 3 aliphatic rings. The number of piperidine rings is 1. The minimum absolute atomic E-state index is 0.0551. The van der Waals surface area contributed by atoms with Crippen molar-refractivity contribution < 1.29 is 14.7 Å². The second kappa shape index (κ2) is 11.1. The summed E-state index contributed by atoms with van der Waals surface area (Å²) in [6.45, 7) is 8.85. The fraction of sp³-hybridized carbons (Fsp3) is 0.515. The number of aliphatic hydroxyl groups is 1. The molecule has 5 nitrogen and oxygen atoms in total. The van der Waals surface area contributed by atoms with Gasteiger partial charge in [0, 0.05) is 36.9 Å². The second-order valence-electron chi connectivity index (χ2n) is 11.8. The van der Waals surface area contributed by atoms with E-state index in [-0.39, 0.29) is 17.3 Å². The summed E-state index contributed by atoms with van der Waals surface area (Å²) in [6, 6.07) is 14.8. The van der Waals surface area contributed by atoms with Gasteiger partial charge in [0.1, 0.15) is 0 Å². The number of aliphatic hydroxyl groups excluding tert-OH is 1. The van der Waals surface area contributed by atoms with Crippen molar-refractivity contribution in [1.82, 2.24) is 4.90 Å². The van der Waals surface area contributed by atoms with E-state index >= 15 is 0 Å². The van der Waals surface area contributed by atoms with E-state index in [9.17, 15) is 14.7 Å². The van der Waals surface area contributed by atoms with Crippen LogP contribution in [0, 0.1) is 12.3 Å². The molecule has 3 fully saturated rings. The Morgan fingerprint density at radius 3 is 2.39 bits per heavy atom. The van der Waals surface area contributed by atoms with Crippen molar-refractivity contribution in [2.45, 2.75) is 84.3 Å². The van der Waals surface area contributed by atoms with Gasteiger partial charge < -0.3 is 14.9 Å². The molecular weight excluding hydrogens is 472 g/mol. The van der Waals surface area contributed by atoms with E-state index in [1.807, 2.05) is 25.1 Å². The van der Waals surface area contributed by atoms with Crippen molar-refractivity contribution in [3.63, 3.8) is 0 Å². The average Bonchev–Trinajstić information content (AvgIpc) is 3.25. The molecule has 2 aliphatic heterocycles. The van der Waals surface area contributed by atoms with Crippen molar-refractivity contribution in [2.24, 2.45) is 5.41 Å². The summed E-state index contributed by atoms with van der Waals surface area (Å²) in [5.74, 6) is 0.414. The van der Waals surface area contributed by atoms with Crippen LogP contribution >= 0.6 is 0 Å². The van der Waals surface area contributed by atoms with Gasteiger partial charge in [-0.2, -0.15) is 0 Å². The fourth-order valence-electron chi connectivity index (χ4n) is 6.60. The summed E-state index contributed by atoms with van der Waals surface area (Å²) in [5.41, 5.74) is 6.21. The first-order valence-electron chi connectivity index (χ1n) is 14.5. The van der Waals surface area contributed by atoms with Gasteiger partial charge in [0.15, 0.2) is 5.78 Å². The van der Waals surface area contributed by atoms with Crippen LogP contribution < -0.4 is 4.90 Å². The molecule has 2 saturated heterocycles. The van der Waals surface area contributed by atoms with E-state index in [2.05, 4.69) is 47.9 Å². The van der Waals surface area contributed by atoms with Crippen LogP contribution in [0.15, 0.2) is 54.1 Å². The van der Waals surface area contributed by atoms with E-state index in [1.54, 1.807) is 6.08 Å². The number of allylic oxidation sites excluding steroid dienone is 2. The summed E-state index contributed by atoms with van der Waals surface area (Å²) in [6.07, 6.45) is 8.68. The lowest BCUT2D eigenvalue weighted by atomic mass is 9.76. The molecule has 2 aromatic rings. The Balaban J connectivity index is 1.29. The number of rotatable bonds is 6. The molecule has 38 heavy (non-hydrogen) atoms. The highest BCUT2D eigenvalue weighted by atomic mass is 16.3. The molecule has 2 aromatic carbocycles. The van der Waals surface area contributed by atoms with Gasteiger partial charge >= 0.3 is 0 Å². The van der Waals surface area contributed by atoms with Crippen molar-refractivity contribution in [3.8, 4) is 11.1 Å². The summed E-state index contributed by atoms with van der Waals surface area (Å²) in [4.78, 5) is 30.9. The summed E-state index contributed by atoms with van der Waals surface area (Å²) in [7, 11) is 0. The van der Waals surface area contributed by atoms with Gasteiger partial charge in [0.25, 0.3) is 0 Å². The highest BCUT2D eigenvalue weighted by Crippen LogP contribution is 2.45. The van der Waals surface area contributed by atoms with E-state index in [0.717, 1.165) is 87.7 Å². The molecule has 5 heteroatoms. The van der Waals surface area contributed by atoms with E-state index < -0.39 is 0 Å². The predicted octanol–water partition coefficient (Wildman–Crippen LogP) is 6.32. The number of hydrogen-bond donors (Lipinski definition) is 1. The number of ketones is 1. The van der Waals surface area contributed by atoms with E-state index in [1.165, 1.54) is 11.3 Å². The lowest BCUT2D eigenvalue weighted by Gasteiger charge is -2.41. The van der Waals surface area contributed by atoms with Crippen LogP contribution in [0.5, 0.6) is 0 Å². The highest BCUT2D eigenvalue weighted by molar-refractivity contribution is 6.05. The number of anilines is 1. The zero-order valence-electron chi connectivity index (χ0n) is 23.2. The van der Waals surface area contributed by atoms with Gasteiger partial charge in [-0.3, -0.25) is 9.59 Å². The van der Waals surface area contributed by atoms with Crippen LogP contribution in [0.1, 0.15) is 81.1 Å². The number of nitrogens with zero attached hydrogens (tertiary/aromatic N) is 2. The molecule has 202 valence electrons. The molecule has 5 rings (SSSR count). The number of amides is 1. The first-order valence-corrected chi connectivity index (χ1v) is 14.5. The molecule has 1 amide bonds.